The molecule has 1 aromatic heterocycles. The maximum Gasteiger partial charge on any atom is 0.516 e. The number of imidazole rings is 1. The van der Waals surface area contributed by atoms with E-state index in [1.165, 1.54) is 4.72 Å². The van der Waals surface area contributed by atoms with Gasteiger partial charge in [-0.2, -0.15) is 21.6 Å². The Morgan fingerprint density at radius 3 is 2.17 bits per heavy atom. The Morgan fingerprint density at radius 1 is 0.936 bits per heavy atom. The molecule has 0 aliphatic carbocycles. The van der Waals surface area contributed by atoms with Crippen molar-refractivity contribution in [3.05, 3.63) is 118 Å². The van der Waals surface area contributed by atoms with Crippen LogP contribution in [-0.4, -0.2) is 34.6 Å². The van der Waals surface area contributed by atoms with E-state index >= 15 is 0 Å². The van der Waals surface area contributed by atoms with Crippen LogP contribution < -0.4 is 9.46 Å². The third-order valence-electron chi connectivity index (χ3n) is 6.88. The van der Waals surface area contributed by atoms with Crippen LogP contribution in [-0.2, 0) is 16.6 Å². The van der Waals surface area contributed by atoms with Gasteiger partial charge in [0.2, 0.25) is 0 Å². The predicted octanol–water partition coefficient (Wildman–Crippen LogP) is 9.47. The van der Waals surface area contributed by atoms with Crippen molar-refractivity contribution < 1.29 is 36.2 Å². The average Bonchev–Trinajstić information content (AvgIpc) is 3.43. The molecule has 0 saturated heterocycles. The maximum atomic E-state index is 12.8. The molecule has 0 radical (unpaired) electrons. The van der Waals surface area contributed by atoms with Crippen LogP contribution in [0.15, 0.2) is 91.1 Å². The van der Waals surface area contributed by atoms with E-state index < -0.39 is 32.8 Å². The van der Waals surface area contributed by atoms with Gasteiger partial charge in [-0.15, -0.1) is 0 Å². The first-order valence-corrected chi connectivity index (χ1v) is 16.0. The summed E-state index contributed by atoms with van der Waals surface area (Å²) in [5.74, 6) is -0.583. The quantitative estimate of drug-likeness (QED) is 0.150. The van der Waals surface area contributed by atoms with Gasteiger partial charge in [-0.25, -0.2) is 9.78 Å². The van der Waals surface area contributed by atoms with Crippen molar-refractivity contribution in [2.45, 2.75) is 19.0 Å². The Morgan fingerprint density at radius 2 is 1.57 bits per heavy atom. The molecule has 5 rings (SSSR count). The molecule has 2 N–H and O–H groups in total. The minimum absolute atomic E-state index is 0.0201. The number of sulfonamides is 1. The highest BCUT2D eigenvalue weighted by atomic mass is 35.5. The fourth-order valence-electron chi connectivity index (χ4n) is 4.51. The minimum Gasteiger partial charge on any atom is -0.478 e. The van der Waals surface area contributed by atoms with E-state index in [1.807, 2.05) is 60.2 Å². The Bertz CT molecular complexity index is 2080. The van der Waals surface area contributed by atoms with E-state index in [2.05, 4.69) is 0 Å². The van der Waals surface area contributed by atoms with Crippen LogP contribution in [0.25, 0.3) is 34.5 Å². The Labute approximate surface area is 277 Å². The Hall–Kier alpha value is -4.78. The molecular weight excluding hydrogens is 678 g/mol. The molecule has 0 atom stereocenters. The number of aryl methyl sites for hydroxylation is 1. The number of nitrogens with zero attached hydrogens (tertiary/aromatic N) is 2. The van der Waals surface area contributed by atoms with Gasteiger partial charge in [0.1, 0.15) is 17.3 Å². The van der Waals surface area contributed by atoms with E-state index in [-0.39, 0.29) is 5.75 Å². The summed E-state index contributed by atoms with van der Waals surface area (Å²) >= 11 is 12.4. The SMILES string of the molecule is CCn1cc(-c2ccc(Cl)cc2Cl)nc1/C=C/c1ccc(-c2ccc(Oc3ccc(NS(=O)(=O)C(F)(F)F)c(C(=O)O)c3)cc2)cc1. The van der Waals surface area contributed by atoms with Crippen molar-refractivity contribution >= 4 is 57.0 Å². The molecule has 242 valence electrons. The first kappa shape index (κ1) is 33.6. The summed E-state index contributed by atoms with van der Waals surface area (Å²) in [5.41, 5.74) is -2.83. The highest BCUT2D eigenvalue weighted by Crippen LogP contribution is 2.33. The van der Waals surface area contributed by atoms with Crippen molar-refractivity contribution in [2.75, 3.05) is 4.72 Å². The second kappa shape index (κ2) is 13.5. The van der Waals surface area contributed by atoms with Gasteiger partial charge < -0.3 is 14.4 Å². The zero-order chi connectivity index (χ0) is 33.9. The van der Waals surface area contributed by atoms with Crippen LogP contribution in [0.5, 0.6) is 11.5 Å². The number of nitrogens with one attached hydrogen (secondary N) is 1. The van der Waals surface area contributed by atoms with Crippen molar-refractivity contribution in [2.24, 2.45) is 0 Å². The van der Waals surface area contributed by atoms with Crippen molar-refractivity contribution in [3.63, 3.8) is 0 Å². The molecule has 0 aliphatic heterocycles. The van der Waals surface area contributed by atoms with Gasteiger partial charge in [0.25, 0.3) is 0 Å². The molecule has 5 aromatic rings. The van der Waals surface area contributed by atoms with Gasteiger partial charge in [-0.1, -0.05) is 65.7 Å². The van der Waals surface area contributed by atoms with Crippen LogP contribution in [0.3, 0.4) is 0 Å². The number of ether oxygens (including phenoxy) is 1. The Balaban J connectivity index is 1.27. The zero-order valence-electron chi connectivity index (χ0n) is 24.3. The number of benzene rings is 4. The predicted molar refractivity (Wildman–Crippen MR) is 176 cm³/mol. The lowest BCUT2D eigenvalue weighted by atomic mass is 10.0. The highest BCUT2D eigenvalue weighted by Gasteiger charge is 2.46. The van der Waals surface area contributed by atoms with E-state index in [1.54, 1.807) is 36.4 Å². The molecule has 0 fully saturated rings. The molecule has 1 heterocycles. The van der Waals surface area contributed by atoms with Crippen LogP contribution in [0.1, 0.15) is 28.7 Å². The number of halogens is 5. The molecular formula is C33H24Cl2F3N3O5S. The van der Waals surface area contributed by atoms with Crippen molar-refractivity contribution in [3.8, 4) is 33.9 Å². The number of carboxylic acid groups (broad SMARTS) is 1. The third-order valence-corrected chi connectivity index (χ3v) is 8.53. The molecule has 14 heteroatoms. The molecule has 0 spiro atoms. The van der Waals surface area contributed by atoms with Gasteiger partial charge in [-0.3, -0.25) is 4.72 Å². The van der Waals surface area contributed by atoms with Crippen LogP contribution in [0.2, 0.25) is 10.0 Å². The van der Waals surface area contributed by atoms with Gasteiger partial charge in [0, 0.05) is 23.3 Å². The summed E-state index contributed by atoms with van der Waals surface area (Å²) in [4.78, 5) is 16.4. The van der Waals surface area contributed by atoms with Crippen LogP contribution in [0, 0.1) is 0 Å². The highest BCUT2D eigenvalue weighted by molar-refractivity contribution is 7.93. The molecule has 0 saturated carbocycles. The molecule has 4 aromatic carbocycles. The van der Waals surface area contributed by atoms with Crippen LogP contribution in [0.4, 0.5) is 18.9 Å². The lowest BCUT2D eigenvalue weighted by Crippen LogP contribution is -2.30. The minimum atomic E-state index is -5.81. The molecule has 8 nitrogen and oxygen atoms in total. The van der Waals surface area contributed by atoms with Crippen molar-refractivity contribution in [1.29, 1.82) is 0 Å². The standard InChI is InChI=1S/C33H24Cl2F3N3O5S/c1-2-41-19-30(26-14-10-23(34)17-28(26)35)39-31(41)16-5-20-3-6-21(7-4-20)22-8-11-24(12-9-22)46-25-13-15-29(27(18-25)32(42)43)40-47(44,45)33(36,37)38/h3-19,40H,2H2,1H3,(H,42,43)/b16-5+. The number of carbonyl (C=O) groups is 1. The summed E-state index contributed by atoms with van der Waals surface area (Å²) < 4.78 is 70.1. The van der Waals surface area contributed by atoms with Gasteiger partial charge in [-0.05, 0) is 78.2 Å². The maximum absolute atomic E-state index is 12.8. The first-order chi connectivity index (χ1) is 22.2. The fraction of sp³-hybridized carbons (Fsp3) is 0.0909. The van der Waals surface area contributed by atoms with E-state index in [0.717, 1.165) is 52.0 Å². The second-order valence-electron chi connectivity index (χ2n) is 10.0. The second-order valence-corrected chi connectivity index (χ2v) is 12.6. The number of aromatic nitrogens is 2. The smallest absolute Gasteiger partial charge is 0.478 e. The van der Waals surface area contributed by atoms with Gasteiger partial charge >= 0.3 is 21.5 Å². The average molecular weight is 703 g/mol. The van der Waals surface area contributed by atoms with E-state index in [4.69, 9.17) is 32.9 Å². The number of rotatable bonds is 10. The van der Waals surface area contributed by atoms with E-state index in [0.29, 0.717) is 22.3 Å². The van der Waals surface area contributed by atoms with Crippen molar-refractivity contribution in [1.82, 2.24) is 9.55 Å². The number of aromatic carboxylic acids is 1. The normalized spacial score (nSPS) is 12.0. The summed E-state index contributed by atoms with van der Waals surface area (Å²) in [6.07, 6.45) is 5.81. The lowest BCUT2D eigenvalue weighted by molar-refractivity contribution is -0.0429. The summed E-state index contributed by atoms with van der Waals surface area (Å²) in [5, 5.41) is 10.5. The third kappa shape index (κ3) is 7.79. The monoisotopic (exact) mass is 701 g/mol. The number of carboxylic acids is 1. The molecule has 0 amide bonds. The van der Waals surface area contributed by atoms with Crippen LogP contribution >= 0.6 is 23.2 Å². The number of hydrogen-bond donors (Lipinski definition) is 2. The summed E-state index contributed by atoms with van der Waals surface area (Å²) in [6.45, 7) is 2.74. The fourth-order valence-corrected chi connectivity index (χ4v) is 5.60. The zero-order valence-corrected chi connectivity index (χ0v) is 26.6. The molecule has 0 aliphatic rings. The van der Waals surface area contributed by atoms with Gasteiger partial charge in [0.15, 0.2) is 0 Å². The molecule has 47 heavy (non-hydrogen) atoms. The molecule has 0 bridgehead atoms. The van der Waals surface area contributed by atoms with E-state index in [9.17, 15) is 31.5 Å². The largest absolute Gasteiger partial charge is 0.516 e. The van der Waals surface area contributed by atoms with Gasteiger partial charge in [0.05, 0.1) is 22.0 Å². The lowest BCUT2D eigenvalue weighted by Gasteiger charge is -2.14. The topological polar surface area (TPSA) is 111 Å². The number of hydrogen-bond acceptors (Lipinski definition) is 5. The number of anilines is 1. The number of alkyl halides is 3. The summed E-state index contributed by atoms with van der Waals surface area (Å²) in [7, 11) is -5.81. The Kier molecular flexibility index (Phi) is 9.66. The molecule has 0 unspecified atom stereocenters. The summed E-state index contributed by atoms with van der Waals surface area (Å²) in [6, 6.07) is 22.9. The first-order valence-electron chi connectivity index (χ1n) is 13.8.